The number of benzene rings is 1. The van der Waals surface area contributed by atoms with E-state index < -0.39 is 72.6 Å². The first-order valence-corrected chi connectivity index (χ1v) is 9.97. The fourth-order valence-electron chi connectivity index (χ4n) is 2.71. The number of nitrogens with two attached hydrogens (primary N) is 2. The number of primary amides is 1. The zero-order valence-corrected chi connectivity index (χ0v) is 18.2. The van der Waals surface area contributed by atoms with Gasteiger partial charge in [0.05, 0.1) is 18.9 Å². The molecule has 10 N–H and O–H groups in total. The molecule has 0 bridgehead atoms. The molecule has 14 nitrogen and oxygen atoms in total. The van der Waals surface area contributed by atoms with Crippen molar-refractivity contribution < 1.29 is 44.1 Å². The van der Waals surface area contributed by atoms with E-state index in [2.05, 4.69) is 16.0 Å². The molecule has 0 heterocycles. The number of carbonyl (C=O) groups is 6. The number of phenols is 1. The number of aliphatic carboxylic acids is 2. The predicted molar refractivity (Wildman–Crippen MR) is 115 cm³/mol. The van der Waals surface area contributed by atoms with Gasteiger partial charge in [0.15, 0.2) is 0 Å². The highest BCUT2D eigenvalue weighted by atomic mass is 16.4. The van der Waals surface area contributed by atoms with Crippen molar-refractivity contribution in [2.75, 3.05) is 0 Å². The van der Waals surface area contributed by atoms with Crippen molar-refractivity contribution in [3.8, 4) is 5.75 Å². The third kappa shape index (κ3) is 9.52. The van der Waals surface area contributed by atoms with Crippen LogP contribution < -0.4 is 27.4 Å². The van der Waals surface area contributed by atoms with Crippen LogP contribution in [0.5, 0.6) is 5.75 Å². The first kappa shape index (κ1) is 27.8. The number of hydrogen-bond acceptors (Lipinski definition) is 8. The summed E-state index contributed by atoms with van der Waals surface area (Å²) < 4.78 is 0. The number of amides is 4. The van der Waals surface area contributed by atoms with E-state index in [0.29, 0.717) is 5.56 Å². The maximum atomic E-state index is 12.7. The molecule has 4 amide bonds. The molecule has 34 heavy (non-hydrogen) atoms. The summed E-state index contributed by atoms with van der Waals surface area (Å²) >= 11 is 0. The van der Waals surface area contributed by atoms with Crippen LogP contribution in [0.2, 0.25) is 0 Å². The summed E-state index contributed by atoms with van der Waals surface area (Å²) in [6, 6.07) is -0.296. The van der Waals surface area contributed by atoms with Crippen LogP contribution >= 0.6 is 0 Å². The lowest BCUT2D eigenvalue weighted by Crippen LogP contribution is -2.58. The molecule has 1 aromatic carbocycles. The molecule has 1 aromatic rings. The predicted octanol–water partition coefficient (Wildman–Crippen LogP) is -2.83. The summed E-state index contributed by atoms with van der Waals surface area (Å²) in [5, 5.41) is 34.2. The van der Waals surface area contributed by atoms with Crippen molar-refractivity contribution in [2.24, 2.45) is 11.5 Å². The van der Waals surface area contributed by atoms with E-state index in [1.807, 2.05) is 0 Å². The number of carboxylic acids is 2. The van der Waals surface area contributed by atoms with Crippen LogP contribution in [0.1, 0.15) is 25.3 Å². The molecular formula is C20H27N5O9. The van der Waals surface area contributed by atoms with E-state index in [1.54, 1.807) is 0 Å². The van der Waals surface area contributed by atoms with Crippen LogP contribution in [-0.4, -0.2) is 75.1 Å². The maximum Gasteiger partial charge on any atom is 0.326 e. The number of rotatable bonds is 13. The van der Waals surface area contributed by atoms with Gasteiger partial charge in [-0.25, -0.2) is 4.79 Å². The smallest absolute Gasteiger partial charge is 0.326 e. The second kappa shape index (κ2) is 12.7. The normalized spacial score (nSPS) is 14.1. The molecule has 0 radical (unpaired) electrons. The molecule has 186 valence electrons. The molecule has 0 aliphatic heterocycles. The van der Waals surface area contributed by atoms with Crippen LogP contribution in [0.3, 0.4) is 0 Å². The number of carboxylic acid groups (broad SMARTS) is 2. The van der Waals surface area contributed by atoms with Gasteiger partial charge in [0.2, 0.25) is 23.6 Å². The molecule has 0 saturated heterocycles. The molecule has 0 aromatic heterocycles. The number of phenolic OH excluding ortho intramolecular Hbond substituents is 1. The molecule has 0 saturated carbocycles. The van der Waals surface area contributed by atoms with Crippen molar-refractivity contribution in [3.63, 3.8) is 0 Å². The van der Waals surface area contributed by atoms with Crippen LogP contribution in [-0.2, 0) is 35.2 Å². The Morgan fingerprint density at radius 3 is 1.74 bits per heavy atom. The van der Waals surface area contributed by atoms with E-state index in [1.165, 1.54) is 31.2 Å². The highest BCUT2D eigenvalue weighted by Crippen LogP contribution is 2.12. The zero-order valence-electron chi connectivity index (χ0n) is 18.2. The van der Waals surface area contributed by atoms with Crippen molar-refractivity contribution >= 4 is 35.6 Å². The van der Waals surface area contributed by atoms with Gasteiger partial charge in [-0.05, 0) is 24.6 Å². The number of aromatic hydroxyl groups is 1. The molecule has 4 atom stereocenters. The minimum Gasteiger partial charge on any atom is -0.508 e. The van der Waals surface area contributed by atoms with Gasteiger partial charge in [-0.1, -0.05) is 12.1 Å². The van der Waals surface area contributed by atoms with Gasteiger partial charge >= 0.3 is 11.9 Å². The minimum absolute atomic E-state index is 0.0454. The van der Waals surface area contributed by atoms with Crippen molar-refractivity contribution in [2.45, 2.75) is 50.4 Å². The van der Waals surface area contributed by atoms with E-state index in [9.17, 15) is 39.0 Å². The SMILES string of the molecule is CC(N)C(=O)NC(CC(=O)O)C(=O)NC(CC(N)=O)C(=O)NC(Cc1ccc(O)cc1)C(=O)O. The van der Waals surface area contributed by atoms with Crippen LogP contribution in [0.25, 0.3) is 0 Å². The highest BCUT2D eigenvalue weighted by molar-refractivity contribution is 5.97. The second-order valence-corrected chi connectivity index (χ2v) is 7.45. The Morgan fingerprint density at radius 1 is 0.824 bits per heavy atom. The Kier molecular flexibility index (Phi) is 10.4. The van der Waals surface area contributed by atoms with Crippen molar-refractivity contribution in [3.05, 3.63) is 29.8 Å². The van der Waals surface area contributed by atoms with Gasteiger partial charge in [0, 0.05) is 6.42 Å². The van der Waals surface area contributed by atoms with Gasteiger partial charge in [-0.15, -0.1) is 0 Å². The summed E-state index contributed by atoms with van der Waals surface area (Å²) in [4.78, 5) is 71.2. The second-order valence-electron chi connectivity index (χ2n) is 7.45. The summed E-state index contributed by atoms with van der Waals surface area (Å²) in [5.41, 5.74) is 11.0. The molecule has 0 spiro atoms. The average Bonchev–Trinajstić information content (AvgIpc) is 2.72. The lowest BCUT2D eigenvalue weighted by molar-refractivity contribution is -0.143. The number of hydrogen-bond donors (Lipinski definition) is 8. The third-order valence-electron chi connectivity index (χ3n) is 4.45. The van der Waals surface area contributed by atoms with Gasteiger partial charge in [-0.2, -0.15) is 0 Å². The molecule has 0 aliphatic rings. The molecule has 0 fully saturated rings. The fraction of sp³-hybridized carbons (Fsp3) is 0.400. The Balaban J connectivity index is 3.02. The largest absolute Gasteiger partial charge is 0.508 e. The first-order chi connectivity index (χ1) is 15.8. The van der Waals surface area contributed by atoms with Crippen molar-refractivity contribution in [1.29, 1.82) is 0 Å². The van der Waals surface area contributed by atoms with Crippen molar-refractivity contribution in [1.82, 2.24) is 16.0 Å². The Labute approximate surface area is 193 Å². The van der Waals surface area contributed by atoms with Gasteiger partial charge < -0.3 is 42.7 Å². The summed E-state index contributed by atoms with van der Waals surface area (Å²) in [7, 11) is 0. The Hall–Kier alpha value is -4.20. The zero-order chi connectivity index (χ0) is 26.0. The third-order valence-corrected chi connectivity index (χ3v) is 4.45. The van der Waals surface area contributed by atoms with Gasteiger partial charge in [0.1, 0.15) is 23.9 Å². The van der Waals surface area contributed by atoms with Gasteiger partial charge in [-0.3, -0.25) is 24.0 Å². The monoisotopic (exact) mass is 481 g/mol. The lowest BCUT2D eigenvalue weighted by Gasteiger charge is -2.24. The maximum absolute atomic E-state index is 12.7. The molecule has 0 aliphatic carbocycles. The fourth-order valence-corrected chi connectivity index (χ4v) is 2.71. The minimum atomic E-state index is -1.66. The molecular weight excluding hydrogens is 454 g/mol. The van der Waals surface area contributed by atoms with Gasteiger partial charge in [0.25, 0.3) is 0 Å². The summed E-state index contributed by atoms with van der Waals surface area (Å²) in [5.74, 6) is -6.96. The highest BCUT2D eigenvalue weighted by Gasteiger charge is 2.32. The summed E-state index contributed by atoms with van der Waals surface area (Å²) in [6.45, 7) is 1.30. The molecule has 4 unspecified atom stereocenters. The van der Waals surface area contributed by atoms with E-state index in [-0.39, 0.29) is 12.2 Å². The topological polar surface area (TPSA) is 251 Å². The molecule has 14 heteroatoms. The van der Waals surface area contributed by atoms with Crippen LogP contribution in [0.4, 0.5) is 0 Å². The quantitative estimate of drug-likeness (QED) is 0.143. The Bertz CT molecular complexity index is 933. The number of carbonyl (C=O) groups excluding carboxylic acids is 4. The molecule has 1 rings (SSSR count). The van der Waals surface area contributed by atoms with E-state index >= 15 is 0 Å². The average molecular weight is 481 g/mol. The lowest BCUT2D eigenvalue weighted by atomic mass is 10.0. The first-order valence-electron chi connectivity index (χ1n) is 9.97. The number of nitrogens with one attached hydrogen (secondary N) is 3. The van der Waals surface area contributed by atoms with Crippen LogP contribution in [0.15, 0.2) is 24.3 Å². The Morgan fingerprint density at radius 2 is 1.29 bits per heavy atom. The van der Waals surface area contributed by atoms with E-state index in [4.69, 9.17) is 16.6 Å². The standard InChI is InChI=1S/C20H27N5O9/c1-9(21)17(30)23-13(8-16(28)29)19(32)24-12(7-15(22)27)18(31)25-14(20(33)34)6-10-2-4-11(26)5-3-10/h2-5,9,12-14,26H,6-8,21H2,1H3,(H2,22,27)(H,23,30)(H,24,32)(H,25,31)(H,28,29)(H,33,34). The summed E-state index contributed by atoms with van der Waals surface area (Å²) in [6.07, 6.45) is -1.78. The van der Waals surface area contributed by atoms with Crippen LogP contribution in [0, 0.1) is 0 Å². The van der Waals surface area contributed by atoms with E-state index in [0.717, 1.165) is 0 Å².